The zero-order valence-corrected chi connectivity index (χ0v) is 14.2. The second-order valence-electron chi connectivity index (χ2n) is 6.75. The molecular weight excluding hydrogens is 276 g/mol. The molecule has 0 saturated carbocycles. The highest BCUT2D eigenvalue weighted by molar-refractivity contribution is 5.47. The first-order chi connectivity index (χ1) is 10.5. The van der Waals surface area contributed by atoms with Crippen LogP contribution in [0.4, 0.5) is 5.69 Å². The highest BCUT2D eigenvalue weighted by atomic mass is 16.5. The predicted octanol–water partition coefficient (Wildman–Crippen LogP) is 2.29. The molecule has 1 aromatic rings. The van der Waals surface area contributed by atoms with Gasteiger partial charge in [0, 0.05) is 45.0 Å². The first-order valence-electron chi connectivity index (χ1n) is 8.29. The van der Waals surface area contributed by atoms with Gasteiger partial charge in [-0.2, -0.15) is 0 Å². The van der Waals surface area contributed by atoms with Crippen molar-refractivity contribution in [1.29, 1.82) is 0 Å². The van der Waals surface area contributed by atoms with Crippen LogP contribution in [0, 0.1) is 6.92 Å². The molecule has 0 amide bonds. The van der Waals surface area contributed by atoms with E-state index >= 15 is 0 Å². The fourth-order valence-electron chi connectivity index (χ4n) is 2.78. The third-order valence-electron chi connectivity index (χ3n) is 4.39. The van der Waals surface area contributed by atoms with Gasteiger partial charge >= 0.3 is 0 Å². The molecule has 0 radical (unpaired) electrons. The minimum Gasteiger partial charge on any atom is -0.396 e. The van der Waals surface area contributed by atoms with Gasteiger partial charge in [-0.1, -0.05) is 17.7 Å². The molecule has 1 saturated heterocycles. The average Bonchev–Trinajstić information content (AvgIpc) is 2.48. The molecule has 0 spiro atoms. The molecule has 0 atom stereocenters. The molecule has 1 aliphatic rings. The van der Waals surface area contributed by atoms with Crippen molar-refractivity contribution in [2.45, 2.75) is 32.8 Å². The third-order valence-corrected chi connectivity index (χ3v) is 4.39. The summed E-state index contributed by atoms with van der Waals surface area (Å²) in [7, 11) is 0. The van der Waals surface area contributed by atoms with Crippen LogP contribution >= 0.6 is 0 Å². The zero-order valence-electron chi connectivity index (χ0n) is 14.2. The standard InChI is InChI=1S/C18H30N2O2/c1-16-4-6-17(7-5-16)20-11-9-19(10-12-20)13-15-22-18(2,3)8-14-21/h4-7,21H,8-15H2,1-3H3. The number of aliphatic hydroxyl groups excluding tert-OH is 1. The second kappa shape index (κ2) is 7.95. The van der Waals surface area contributed by atoms with Crippen molar-refractivity contribution in [2.75, 3.05) is 50.8 Å². The van der Waals surface area contributed by atoms with Gasteiger partial charge in [0.2, 0.25) is 0 Å². The first kappa shape index (κ1) is 17.3. The molecule has 0 aliphatic carbocycles. The molecule has 1 N–H and O–H groups in total. The van der Waals surface area contributed by atoms with E-state index in [4.69, 9.17) is 9.84 Å². The normalized spacial score (nSPS) is 17.0. The number of ether oxygens (including phenoxy) is 1. The molecule has 0 aromatic heterocycles. The number of piperazine rings is 1. The number of hydrogen-bond acceptors (Lipinski definition) is 4. The van der Waals surface area contributed by atoms with Crippen LogP contribution in [-0.4, -0.2) is 61.5 Å². The van der Waals surface area contributed by atoms with Crippen LogP contribution in [0.25, 0.3) is 0 Å². The quantitative estimate of drug-likeness (QED) is 0.838. The van der Waals surface area contributed by atoms with Crippen LogP contribution in [0.3, 0.4) is 0 Å². The maximum atomic E-state index is 9.01. The topological polar surface area (TPSA) is 35.9 Å². The van der Waals surface area contributed by atoms with Crippen LogP contribution < -0.4 is 4.90 Å². The fourth-order valence-corrected chi connectivity index (χ4v) is 2.78. The van der Waals surface area contributed by atoms with Gasteiger partial charge in [-0.25, -0.2) is 0 Å². The van der Waals surface area contributed by atoms with Gasteiger partial charge in [-0.15, -0.1) is 0 Å². The number of anilines is 1. The molecule has 1 aromatic carbocycles. The first-order valence-corrected chi connectivity index (χ1v) is 8.29. The Bertz CT molecular complexity index is 437. The van der Waals surface area contributed by atoms with E-state index in [2.05, 4.69) is 41.0 Å². The van der Waals surface area contributed by atoms with Crippen molar-refractivity contribution in [3.63, 3.8) is 0 Å². The average molecular weight is 306 g/mol. The van der Waals surface area contributed by atoms with E-state index in [1.165, 1.54) is 11.3 Å². The molecule has 22 heavy (non-hydrogen) atoms. The van der Waals surface area contributed by atoms with Crippen molar-refractivity contribution in [1.82, 2.24) is 4.90 Å². The summed E-state index contributed by atoms with van der Waals surface area (Å²) in [4.78, 5) is 4.91. The van der Waals surface area contributed by atoms with Gasteiger partial charge in [0.05, 0.1) is 12.2 Å². The van der Waals surface area contributed by atoms with Crippen molar-refractivity contribution >= 4 is 5.69 Å². The Labute approximate surface area is 134 Å². The summed E-state index contributed by atoms with van der Waals surface area (Å²) in [6.45, 7) is 12.4. The van der Waals surface area contributed by atoms with E-state index < -0.39 is 0 Å². The molecular formula is C18H30N2O2. The Balaban J connectivity index is 1.70. The smallest absolute Gasteiger partial charge is 0.0649 e. The van der Waals surface area contributed by atoms with Crippen LogP contribution in [0.2, 0.25) is 0 Å². The van der Waals surface area contributed by atoms with E-state index in [0.717, 1.165) is 39.3 Å². The molecule has 1 heterocycles. The monoisotopic (exact) mass is 306 g/mol. The van der Waals surface area contributed by atoms with Gasteiger partial charge < -0.3 is 14.7 Å². The van der Waals surface area contributed by atoms with Crippen LogP contribution in [0.1, 0.15) is 25.8 Å². The lowest BCUT2D eigenvalue weighted by atomic mass is 10.1. The number of aliphatic hydroxyl groups is 1. The van der Waals surface area contributed by atoms with Crippen molar-refractivity contribution in [3.05, 3.63) is 29.8 Å². The molecule has 1 aliphatic heterocycles. The Morgan fingerprint density at radius 2 is 1.73 bits per heavy atom. The van der Waals surface area contributed by atoms with Crippen LogP contribution in [0.15, 0.2) is 24.3 Å². The summed E-state index contributed by atoms with van der Waals surface area (Å²) in [6.07, 6.45) is 0.689. The minimum atomic E-state index is -0.224. The molecule has 4 heteroatoms. The lowest BCUT2D eigenvalue weighted by Crippen LogP contribution is -2.47. The van der Waals surface area contributed by atoms with E-state index in [-0.39, 0.29) is 12.2 Å². The summed E-state index contributed by atoms with van der Waals surface area (Å²) < 4.78 is 5.88. The molecule has 124 valence electrons. The van der Waals surface area contributed by atoms with Crippen molar-refractivity contribution in [3.8, 4) is 0 Å². The maximum absolute atomic E-state index is 9.01. The van der Waals surface area contributed by atoms with Gasteiger partial charge in [-0.05, 0) is 39.3 Å². The number of hydrogen-bond donors (Lipinski definition) is 1. The summed E-state index contributed by atoms with van der Waals surface area (Å²) in [5, 5.41) is 9.01. The second-order valence-corrected chi connectivity index (χ2v) is 6.75. The van der Waals surface area contributed by atoms with E-state index in [9.17, 15) is 0 Å². The van der Waals surface area contributed by atoms with Gasteiger partial charge in [0.25, 0.3) is 0 Å². The summed E-state index contributed by atoms with van der Waals surface area (Å²) in [6, 6.07) is 8.79. The summed E-state index contributed by atoms with van der Waals surface area (Å²) in [5.74, 6) is 0. The van der Waals surface area contributed by atoms with Crippen LogP contribution in [-0.2, 0) is 4.74 Å². The Morgan fingerprint density at radius 1 is 1.09 bits per heavy atom. The van der Waals surface area contributed by atoms with Gasteiger partial charge in [-0.3, -0.25) is 4.90 Å². The zero-order chi connectivity index (χ0) is 16.0. The number of nitrogens with zero attached hydrogens (tertiary/aromatic N) is 2. The van der Waals surface area contributed by atoms with E-state index in [0.29, 0.717) is 6.42 Å². The Hall–Kier alpha value is -1.10. The van der Waals surface area contributed by atoms with Gasteiger partial charge in [0.1, 0.15) is 0 Å². The molecule has 2 rings (SSSR count). The third kappa shape index (κ3) is 5.27. The largest absolute Gasteiger partial charge is 0.396 e. The molecule has 1 fully saturated rings. The molecule has 0 unspecified atom stereocenters. The molecule has 4 nitrogen and oxygen atoms in total. The Kier molecular flexibility index (Phi) is 6.24. The van der Waals surface area contributed by atoms with Crippen molar-refractivity contribution in [2.24, 2.45) is 0 Å². The van der Waals surface area contributed by atoms with Gasteiger partial charge in [0.15, 0.2) is 0 Å². The minimum absolute atomic E-state index is 0.183. The van der Waals surface area contributed by atoms with Crippen molar-refractivity contribution < 1.29 is 9.84 Å². The Morgan fingerprint density at radius 3 is 2.32 bits per heavy atom. The highest BCUT2D eigenvalue weighted by Gasteiger charge is 2.20. The summed E-state index contributed by atoms with van der Waals surface area (Å²) in [5.41, 5.74) is 2.41. The highest BCUT2D eigenvalue weighted by Crippen LogP contribution is 2.17. The fraction of sp³-hybridized carbons (Fsp3) is 0.667. The lowest BCUT2D eigenvalue weighted by Gasteiger charge is -2.36. The summed E-state index contributed by atoms with van der Waals surface area (Å²) >= 11 is 0. The van der Waals surface area contributed by atoms with E-state index in [1.54, 1.807) is 0 Å². The SMILES string of the molecule is Cc1ccc(N2CCN(CCOC(C)(C)CCO)CC2)cc1. The maximum Gasteiger partial charge on any atom is 0.0649 e. The number of benzene rings is 1. The lowest BCUT2D eigenvalue weighted by molar-refractivity contribution is -0.0403. The number of rotatable bonds is 7. The van der Waals surface area contributed by atoms with Crippen LogP contribution in [0.5, 0.6) is 0 Å². The number of aryl methyl sites for hydroxylation is 1. The molecule has 0 bridgehead atoms. The van der Waals surface area contributed by atoms with E-state index in [1.807, 2.05) is 13.8 Å². The predicted molar refractivity (Wildman–Crippen MR) is 91.6 cm³/mol.